The average Bonchev–Trinajstić information content (AvgIpc) is 2.72. The molecule has 144 valence electrons. The third-order valence-electron chi connectivity index (χ3n) is 4.80. The van der Waals surface area contributed by atoms with Gasteiger partial charge in [-0.1, -0.05) is 23.7 Å². The van der Waals surface area contributed by atoms with Crippen LogP contribution in [0.4, 0.5) is 4.39 Å². The predicted octanol–water partition coefficient (Wildman–Crippen LogP) is 2.66. The molecular weight excluding hydrogens is 383 g/mol. The summed E-state index contributed by atoms with van der Waals surface area (Å²) in [6, 6.07) is 11.1. The lowest BCUT2D eigenvalue weighted by molar-refractivity contribution is -0.921. The lowest BCUT2D eigenvalue weighted by Gasteiger charge is -2.25. The summed E-state index contributed by atoms with van der Waals surface area (Å²) in [5.74, 6) is -1.06. The summed E-state index contributed by atoms with van der Waals surface area (Å²) < 4.78 is 25.1. The van der Waals surface area contributed by atoms with Gasteiger partial charge in [-0.25, -0.2) is 9.18 Å². The van der Waals surface area contributed by atoms with Crippen LogP contribution in [0.15, 0.2) is 48.7 Å². The maximum Gasteiger partial charge on any atom is 0.346 e. The quantitative estimate of drug-likeness (QED) is 0.539. The number of fused-ring (bicyclic) bond motifs is 1. The van der Waals surface area contributed by atoms with Gasteiger partial charge in [-0.3, -0.25) is 4.98 Å². The molecule has 2 heterocycles. The lowest BCUT2D eigenvalue weighted by atomic mass is 10.1. The van der Waals surface area contributed by atoms with Crippen molar-refractivity contribution in [3.05, 3.63) is 70.6 Å². The molecule has 1 aliphatic heterocycles. The summed E-state index contributed by atoms with van der Waals surface area (Å²) in [5.41, 5.74) is 1.13. The zero-order valence-electron chi connectivity index (χ0n) is 15.1. The van der Waals surface area contributed by atoms with Crippen molar-refractivity contribution in [2.24, 2.45) is 0 Å². The number of ether oxygens (including phenoxy) is 2. The van der Waals surface area contributed by atoms with E-state index < -0.39 is 11.8 Å². The number of carbonyl (C=O) groups is 1. The normalized spacial score (nSPS) is 14.9. The number of hydrogen-bond donors (Lipinski definition) is 1. The third kappa shape index (κ3) is 3.85. The predicted molar refractivity (Wildman–Crippen MR) is 103 cm³/mol. The first-order valence-electron chi connectivity index (χ1n) is 9.07. The SMILES string of the molecule is O=C(Oc1c(C[NH+]2CCOCC2)cc(Cl)c2cccnc12)c1ccccc1F. The maximum absolute atomic E-state index is 14.0. The minimum absolute atomic E-state index is 0.119. The van der Waals surface area contributed by atoms with Gasteiger partial charge in [-0.15, -0.1) is 0 Å². The largest absolute Gasteiger partial charge is 0.420 e. The van der Waals surface area contributed by atoms with Crippen LogP contribution in [-0.2, 0) is 11.3 Å². The number of nitrogens with one attached hydrogen (secondary N) is 1. The van der Waals surface area contributed by atoms with Crippen LogP contribution in [0.5, 0.6) is 5.75 Å². The molecule has 4 rings (SSSR count). The molecule has 0 bridgehead atoms. The van der Waals surface area contributed by atoms with Gasteiger partial charge < -0.3 is 14.4 Å². The van der Waals surface area contributed by atoms with Crippen molar-refractivity contribution < 1.29 is 23.6 Å². The second-order valence-electron chi connectivity index (χ2n) is 6.65. The molecule has 0 spiro atoms. The third-order valence-corrected chi connectivity index (χ3v) is 5.11. The van der Waals surface area contributed by atoms with Crippen molar-refractivity contribution in [1.29, 1.82) is 0 Å². The number of esters is 1. The van der Waals surface area contributed by atoms with E-state index in [2.05, 4.69) is 4.98 Å². The fraction of sp³-hybridized carbons (Fsp3) is 0.238. The number of nitrogens with zero attached hydrogens (tertiary/aromatic N) is 1. The molecule has 28 heavy (non-hydrogen) atoms. The molecule has 0 radical (unpaired) electrons. The van der Waals surface area contributed by atoms with Gasteiger partial charge in [0, 0.05) is 11.6 Å². The summed E-state index contributed by atoms with van der Waals surface area (Å²) >= 11 is 6.46. The molecule has 5 nitrogen and oxygen atoms in total. The first-order chi connectivity index (χ1) is 13.6. The Bertz CT molecular complexity index is 1020. The first kappa shape index (κ1) is 18.8. The van der Waals surface area contributed by atoms with Crippen molar-refractivity contribution in [1.82, 2.24) is 4.98 Å². The van der Waals surface area contributed by atoms with Gasteiger partial charge in [-0.05, 0) is 30.3 Å². The molecule has 1 N–H and O–H groups in total. The number of aromatic nitrogens is 1. The van der Waals surface area contributed by atoms with Gasteiger partial charge in [0.2, 0.25) is 0 Å². The number of benzene rings is 2. The highest BCUT2D eigenvalue weighted by Gasteiger charge is 2.23. The van der Waals surface area contributed by atoms with E-state index in [1.165, 1.54) is 23.1 Å². The smallest absolute Gasteiger partial charge is 0.346 e. The molecule has 0 unspecified atom stereocenters. The number of rotatable bonds is 4. The molecule has 1 saturated heterocycles. The topological polar surface area (TPSA) is 52.9 Å². The van der Waals surface area contributed by atoms with Crippen LogP contribution >= 0.6 is 11.6 Å². The van der Waals surface area contributed by atoms with Crippen LogP contribution in [0.25, 0.3) is 10.9 Å². The number of carbonyl (C=O) groups excluding carboxylic acids is 1. The summed E-state index contributed by atoms with van der Waals surface area (Å²) in [4.78, 5) is 18.3. The first-order valence-corrected chi connectivity index (χ1v) is 9.45. The van der Waals surface area contributed by atoms with E-state index in [1.807, 2.05) is 6.07 Å². The molecule has 0 saturated carbocycles. The molecule has 0 aliphatic carbocycles. The summed E-state index contributed by atoms with van der Waals surface area (Å²) in [7, 11) is 0. The number of quaternary nitrogens is 1. The van der Waals surface area contributed by atoms with Crippen molar-refractivity contribution in [3.8, 4) is 5.75 Å². The standard InChI is InChI=1S/C21H18ClFN2O3/c22-17-12-14(13-25-8-10-27-11-9-25)20(19-15(17)5-3-7-24-19)28-21(26)16-4-1-2-6-18(16)23/h1-7,12H,8-11,13H2/p+1. The second kappa shape index (κ2) is 8.22. The number of morpholine rings is 1. The lowest BCUT2D eigenvalue weighted by Crippen LogP contribution is -3.12. The van der Waals surface area contributed by atoms with Gasteiger partial charge in [0.15, 0.2) is 5.75 Å². The van der Waals surface area contributed by atoms with E-state index in [0.717, 1.165) is 18.7 Å². The van der Waals surface area contributed by atoms with Crippen LogP contribution in [0, 0.1) is 5.82 Å². The fourth-order valence-electron chi connectivity index (χ4n) is 3.35. The molecular formula is C21H19ClFN2O3+. The van der Waals surface area contributed by atoms with Crippen LogP contribution in [0.3, 0.4) is 0 Å². The Morgan fingerprint density at radius 2 is 2.00 bits per heavy atom. The van der Waals surface area contributed by atoms with Crippen molar-refractivity contribution in [2.45, 2.75) is 6.54 Å². The van der Waals surface area contributed by atoms with E-state index in [-0.39, 0.29) is 5.56 Å². The van der Waals surface area contributed by atoms with E-state index in [9.17, 15) is 9.18 Å². The highest BCUT2D eigenvalue weighted by molar-refractivity contribution is 6.35. The van der Waals surface area contributed by atoms with Crippen LogP contribution in [-0.4, -0.2) is 37.3 Å². The fourth-order valence-corrected chi connectivity index (χ4v) is 3.64. The van der Waals surface area contributed by atoms with E-state index in [0.29, 0.717) is 41.4 Å². The Morgan fingerprint density at radius 3 is 2.79 bits per heavy atom. The maximum atomic E-state index is 14.0. The highest BCUT2D eigenvalue weighted by Crippen LogP contribution is 2.34. The Hall–Kier alpha value is -2.54. The van der Waals surface area contributed by atoms with E-state index in [4.69, 9.17) is 21.1 Å². The highest BCUT2D eigenvalue weighted by atomic mass is 35.5. The average molecular weight is 402 g/mol. The zero-order chi connectivity index (χ0) is 19.5. The van der Waals surface area contributed by atoms with E-state index in [1.54, 1.807) is 24.4 Å². The van der Waals surface area contributed by atoms with Crippen molar-refractivity contribution in [2.75, 3.05) is 26.3 Å². The van der Waals surface area contributed by atoms with Crippen LogP contribution < -0.4 is 9.64 Å². The Labute approximate surface area is 166 Å². The minimum atomic E-state index is -0.759. The van der Waals surface area contributed by atoms with E-state index >= 15 is 0 Å². The molecule has 1 aliphatic rings. The number of hydrogen-bond acceptors (Lipinski definition) is 4. The second-order valence-corrected chi connectivity index (χ2v) is 7.06. The molecule has 1 fully saturated rings. The summed E-state index contributed by atoms with van der Waals surface area (Å²) in [6.45, 7) is 3.66. The van der Waals surface area contributed by atoms with Gasteiger partial charge in [-0.2, -0.15) is 0 Å². The molecule has 0 amide bonds. The summed E-state index contributed by atoms with van der Waals surface area (Å²) in [6.07, 6.45) is 1.62. The Kier molecular flexibility index (Phi) is 5.52. The number of pyridine rings is 1. The molecule has 7 heteroatoms. The van der Waals surface area contributed by atoms with Gasteiger partial charge in [0.1, 0.15) is 31.0 Å². The van der Waals surface area contributed by atoms with Gasteiger partial charge in [0.25, 0.3) is 0 Å². The van der Waals surface area contributed by atoms with Crippen LogP contribution in [0.2, 0.25) is 5.02 Å². The molecule has 1 aromatic heterocycles. The van der Waals surface area contributed by atoms with Crippen molar-refractivity contribution in [3.63, 3.8) is 0 Å². The monoisotopic (exact) mass is 401 g/mol. The van der Waals surface area contributed by atoms with Gasteiger partial charge in [0.05, 0.1) is 29.4 Å². The number of halogens is 2. The zero-order valence-corrected chi connectivity index (χ0v) is 15.8. The van der Waals surface area contributed by atoms with Gasteiger partial charge >= 0.3 is 5.97 Å². The molecule has 3 aromatic rings. The summed E-state index contributed by atoms with van der Waals surface area (Å²) in [5, 5.41) is 1.22. The minimum Gasteiger partial charge on any atom is -0.420 e. The van der Waals surface area contributed by atoms with Crippen molar-refractivity contribution >= 4 is 28.5 Å². The Balaban J connectivity index is 1.75. The Morgan fingerprint density at radius 1 is 1.21 bits per heavy atom. The molecule has 0 atom stereocenters. The van der Waals surface area contributed by atoms with Crippen LogP contribution in [0.1, 0.15) is 15.9 Å². The molecule has 2 aromatic carbocycles.